The van der Waals surface area contributed by atoms with E-state index >= 15 is 0 Å². The third kappa shape index (κ3) is 3.94. The number of phenols is 1. The Balaban J connectivity index is 1.86. The zero-order chi connectivity index (χ0) is 20.6. The lowest BCUT2D eigenvalue weighted by atomic mass is 9.83. The Morgan fingerprint density at radius 2 is 1.52 bits per heavy atom. The molecule has 1 heterocycles. The summed E-state index contributed by atoms with van der Waals surface area (Å²) in [4.78, 5) is 4.74. The molecule has 0 atom stereocenters. The first kappa shape index (κ1) is 19.3. The van der Waals surface area contributed by atoms with Crippen molar-refractivity contribution < 1.29 is 9.50 Å². The lowest BCUT2D eigenvalue weighted by molar-refractivity contribution is 0.478. The monoisotopic (exact) mass is 403 g/mol. The van der Waals surface area contributed by atoms with Crippen molar-refractivity contribution in [1.82, 2.24) is 4.98 Å². The zero-order valence-corrected chi connectivity index (χ0v) is 17.4. The van der Waals surface area contributed by atoms with Crippen molar-refractivity contribution in [3.05, 3.63) is 83.5 Å². The summed E-state index contributed by atoms with van der Waals surface area (Å²) < 4.78 is 13.2. The van der Waals surface area contributed by atoms with Crippen LogP contribution in [0.5, 0.6) is 5.75 Å². The zero-order valence-electron chi connectivity index (χ0n) is 16.6. The van der Waals surface area contributed by atoms with Gasteiger partial charge in [-0.3, -0.25) is 0 Å². The van der Waals surface area contributed by atoms with E-state index in [-0.39, 0.29) is 17.0 Å². The Bertz CT molecular complexity index is 1140. The van der Waals surface area contributed by atoms with Crippen molar-refractivity contribution >= 4 is 11.3 Å². The van der Waals surface area contributed by atoms with Crippen molar-refractivity contribution in [2.45, 2.75) is 26.2 Å². The number of thiazole rings is 1. The van der Waals surface area contributed by atoms with E-state index in [1.165, 1.54) is 23.5 Å². The molecule has 0 saturated carbocycles. The maximum Gasteiger partial charge on any atom is 0.133 e. The maximum atomic E-state index is 13.2. The van der Waals surface area contributed by atoms with Crippen LogP contribution in [0.2, 0.25) is 0 Å². The molecule has 0 aliphatic carbocycles. The number of hydrogen-bond donors (Lipinski definition) is 1. The molecule has 4 aromatic rings. The SMILES string of the molecule is CC(C)(C)c1cc(-c2ccccc2)c(O)c(-c2nc(-c3ccc(F)cc3)cs2)c1. The number of aromatic nitrogens is 1. The molecule has 4 heteroatoms. The van der Waals surface area contributed by atoms with Crippen molar-refractivity contribution in [3.63, 3.8) is 0 Å². The average molecular weight is 404 g/mol. The highest BCUT2D eigenvalue weighted by atomic mass is 32.1. The van der Waals surface area contributed by atoms with Crippen LogP contribution in [0.25, 0.3) is 33.0 Å². The first-order valence-electron chi connectivity index (χ1n) is 9.48. The van der Waals surface area contributed by atoms with Crippen molar-refractivity contribution in [2.75, 3.05) is 0 Å². The number of hydrogen-bond acceptors (Lipinski definition) is 3. The molecule has 1 N–H and O–H groups in total. The van der Waals surface area contributed by atoms with Crippen LogP contribution in [0.15, 0.2) is 72.1 Å². The van der Waals surface area contributed by atoms with Gasteiger partial charge in [0.15, 0.2) is 0 Å². The average Bonchev–Trinajstić information content (AvgIpc) is 3.18. The van der Waals surface area contributed by atoms with Gasteiger partial charge in [-0.1, -0.05) is 51.1 Å². The molecule has 0 unspecified atom stereocenters. The quantitative estimate of drug-likeness (QED) is 0.390. The van der Waals surface area contributed by atoms with Crippen LogP contribution in [0, 0.1) is 5.82 Å². The van der Waals surface area contributed by atoms with E-state index < -0.39 is 0 Å². The smallest absolute Gasteiger partial charge is 0.133 e. The summed E-state index contributed by atoms with van der Waals surface area (Å²) in [7, 11) is 0. The molecule has 0 fully saturated rings. The molecule has 0 amide bonds. The Morgan fingerprint density at radius 1 is 0.862 bits per heavy atom. The van der Waals surface area contributed by atoms with Crippen LogP contribution in [0.1, 0.15) is 26.3 Å². The van der Waals surface area contributed by atoms with E-state index in [0.29, 0.717) is 0 Å². The third-order valence-electron chi connectivity index (χ3n) is 4.94. The standard InChI is InChI=1S/C25H22FNOS/c1-25(2,3)18-13-20(16-7-5-4-6-8-16)23(28)21(14-18)24-27-22(15-29-24)17-9-11-19(26)12-10-17/h4-15,28H,1-3H3. The summed E-state index contributed by atoms with van der Waals surface area (Å²) in [5.41, 5.74) is 5.15. The van der Waals surface area contributed by atoms with Gasteiger partial charge in [0, 0.05) is 16.5 Å². The van der Waals surface area contributed by atoms with Crippen LogP contribution in [-0.4, -0.2) is 10.1 Å². The van der Waals surface area contributed by atoms with Gasteiger partial charge in [-0.05, 0) is 52.9 Å². The third-order valence-corrected chi connectivity index (χ3v) is 5.81. The number of nitrogens with zero attached hydrogens (tertiary/aromatic N) is 1. The van der Waals surface area contributed by atoms with Gasteiger partial charge in [0.1, 0.15) is 16.6 Å². The molecule has 0 aliphatic heterocycles. The van der Waals surface area contributed by atoms with Gasteiger partial charge in [-0.2, -0.15) is 0 Å². The van der Waals surface area contributed by atoms with Crippen LogP contribution in [-0.2, 0) is 5.41 Å². The van der Waals surface area contributed by atoms with Gasteiger partial charge in [0.2, 0.25) is 0 Å². The number of rotatable bonds is 3. The summed E-state index contributed by atoms with van der Waals surface area (Å²) in [5.74, 6) is -0.0450. The maximum absolute atomic E-state index is 13.2. The molecule has 2 nitrogen and oxygen atoms in total. The second-order valence-electron chi connectivity index (χ2n) is 8.08. The fourth-order valence-electron chi connectivity index (χ4n) is 3.22. The Labute approximate surface area is 174 Å². The molecule has 0 aliphatic rings. The van der Waals surface area contributed by atoms with Gasteiger partial charge < -0.3 is 5.11 Å². The molecule has 0 bridgehead atoms. The highest BCUT2D eigenvalue weighted by Crippen LogP contribution is 2.43. The van der Waals surface area contributed by atoms with Crippen LogP contribution < -0.4 is 0 Å². The highest BCUT2D eigenvalue weighted by Gasteiger charge is 2.21. The van der Waals surface area contributed by atoms with Crippen LogP contribution >= 0.6 is 11.3 Å². The minimum absolute atomic E-state index is 0.0803. The van der Waals surface area contributed by atoms with E-state index in [0.717, 1.165) is 38.5 Å². The topological polar surface area (TPSA) is 33.1 Å². The highest BCUT2D eigenvalue weighted by molar-refractivity contribution is 7.13. The first-order valence-corrected chi connectivity index (χ1v) is 10.4. The molecule has 29 heavy (non-hydrogen) atoms. The Morgan fingerprint density at radius 3 is 2.17 bits per heavy atom. The van der Waals surface area contributed by atoms with E-state index in [2.05, 4.69) is 26.8 Å². The molecule has 0 radical (unpaired) electrons. The number of benzene rings is 3. The Kier molecular flexibility index (Phi) is 4.97. The lowest BCUT2D eigenvalue weighted by Gasteiger charge is -2.22. The van der Waals surface area contributed by atoms with Crippen molar-refractivity contribution in [1.29, 1.82) is 0 Å². The predicted octanol–water partition coefficient (Wildman–Crippen LogP) is 7.29. The number of aromatic hydroxyl groups is 1. The first-order chi connectivity index (χ1) is 13.8. The number of phenolic OH excluding ortho intramolecular Hbond substituents is 1. The molecule has 4 rings (SSSR count). The predicted molar refractivity (Wildman–Crippen MR) is 119 cm³/mol. The molecule has 0 saturated heterocycles. The molecule has 0 spiro atoms. The normalized spacial score (nSPS) is 11.6. The number of halogens is 1. The van der Waals surface area contributed by atoms with Crippen molar-refractivity contribution in [2.24, 2.45) is 0 Å². The van der Waals surface area contributed by atoms with E-state index in [1.54, 1.807) is 12.1 Å². The molecule has 3 aromatic carbocycles. The van der Waals surface area contributed by atoms with Crippen molar-refractivity contribution in [3.8, 4) is 38.7 Å². The summed E-state index contributed by atoms with van der Waals surface area (Å²) >= 11 is 1.47. The minimum Gasteiger partial charge on any atom is -0.507 e. The summed E-state index contributed by atoms with van der Waals surface area (Å²) in [6, 6.07) is 20.3. The molecular weight excluding hydrogens is 381 g/mol. The van der Waals surface area contributed by atoms with Gasteiger partial charge in [0.05, 0.1) is 11.3 Å². The minimum atomic E-state index is -0.271. The Hall–Kier alpha value is -2.98. The summed E-state index contributed by atoms with van der Waals surface area (Å²) in [6.07, 6.45) is 0. The lowest BCUT2D eigenvalue weighted by Crippen LogP contribution is -2.11. The van der Waals surface area contributed by atoms with Gasteiger partial charge >= 0.3 is 0 Å². The summed E-state index contributed by atoms with van der Waals surface area (Å²) in [5, 5.41) is 13.8. The van der Waals surface area contributed by atoms with E-state index in [4.69, 9.17) is 4.98 Å². The summed E-state index contributed by atoms with van der Waals surface area (Å²) in [6.45, 7) is 6.47. The van der Waals surface area contributed by atoms with Gasteiger partial charge in [-0.25, -0.2) is 9.37 Å². The largest absolute Gasteiger partial charge is 0.507 e. The molecular formula is C25H22FNOS. The van der Waals surface area contributed by atoms with Gasteiger partial charge in [-0.15, -0.1) is 11.3 Å². The second-order valence-corrected chi connectivity index (χ2v) is 8.94. The van der Waals surface area contributed by atoms with E-state index in [9.17, 15) is 9.50 Å². The van der Waals surface area contributed by atoms with E-state index in [1.807, 2.05) is 41.8 Å². The fourth-order valence-corrected chi connectivity index (χ4v) is 4.06. The molecule has 146 valence electrons. The second kappa shape index (κ2) is 7.45. The van der Waals surface area contributed by atoms with Gasteiger partial charge in [0.25, 0.3) is 0 Å². The van der Waals surface area contributed by atoms with Crippen LogP contribution in [0.4, 0.5) is 4.39 Å². The fraction of sp³-hybridized carbons (Fsp3) is 0.160. The van der Waals surface area contributed by atoms with Crippen LogP contribution in [0.3, 0.4) is 0 Å². The molecule has 1 aromatic heterocycles.